The summed E-state index contributed by atoms with van der Waals surface area (Å²) in [5.74, 6) is 0.402. The van der Waals surface area contributed by atoms with Crippen LogP contribution >= 0.6 is 34.8 Å². The average molecular weight is 316 g/mol. The lowest BCUT2D eigenvalue weighted by atomic mass is 10.2. The van der Waals surface area contributed by atoms with Crippen molar-refractivity contribution in [3.8, 4) is 5.75 Å². The van der Waals surface area contributed by atoms with E-state index < -0.39 is 5.24 Å². The molecule has 0 unspecified atom stereocenters. The van der Waals surface area contributed by atoms with Gasteiger partial charge < -0.3 is 4.74 Å². The maximum Gasteiger partial charge on any atom is 0.256 e. The highest BCUT2D eigenvalue weighted by Crippen LogP contribution is 2.25. The predicted octanol–water partition coefficient (Wildman–Crippen LogP) is 4.95. The van der Waals surface area contributed by atoms with Crippen LogP contribution in [0.2, 0.25) is 10.0 Å². The summed E-state index contributed by atoms with van der Waals surface area (Å²) in [7, 11) is 0. The number of benzene rings is 2. The van der Waals surface area contributed by atoms with E-state index in [9.17, 15) is 4.79 Å². The molecule has 0 aliphatic heterocycles. The standard InChI is InChI=1S/C14H9Cl3O2/c15-10-3-1-9(2-4-10)8-19-13-6-5-11(16)7-12(13)14(17)18/h1-7H,8H2. The van der Waals surface area contributed by atoms with Crippen LogP contribution in [0.15, 0.2) is 42.5 Å². The molecule has 0 radical (unpaired) electrons. The van der Waals surface area contributed by atoms with E-state index in [1.165, 1.54) is 6.07 Å². The summed E-state index contributed by atoms with van der Waals surface area (Å²) >= 11 is 17.1. The Morgan fingerprint density at radius 2 is 1.63 bits per heavy atom. The van der Waals surface area contributed by atoms with Crippen molar-refractivity contribution in [2.24, 2.45) is 0 Å². The molecular formula is C14H9Cl3O2. The predicted molar refractivity (Wildman–Crippen MR) is 77.4 cm³/mol. The molecule has 2 aromatic rings. The molecule has 5 heteroatoms. The molecule has 0 saturated heterocycles. The zero-order valence-electron chi connectivity index (χ0n) is 9.70. The lowest BCUT2D eigenvalue weighted by molar-refractivity contribution is 0.107. The number of halogens is 3. The van der Waals surface area contributed by atoms with Gasteiger partial charge in [-0.15, -0.1) is 0 Å². The van der Waals surface area contributed by atoms with Gasteiger partial charge in [0.1, 0.15) is 12.4 Å². The maximum absolute atomic E-state index is 11.3. The van der Waals surface area contributed by atoms with Gasteiger partial charge in [-0.1, -0.05) is 35.3 Å². The summed E-state index contributed by atoms with van der Waals surface area (Å²) in [6.45, 7) is 0.315. The van der Waals surface area contributed by atoms with Gasteiger partial charge in [0.05, 0.1) is 5.56 Å². The molecule has 0 N–H and O–H groups in total. The Bertz CT molecular complexity index is 594. The third-order valence-electron chi connectivity index (χ3n) is 2.46. The molecule has 0 amide bonds. The van der Waals surface area contributed by atoms with Gasteiger partial charge >= 0.3 is 0 Å². The summed E-state index contributed by atoms with van der Waals surface area (Å²) in [5, 5.41) is 0.489. The van der Waals surface area contributed by atoms with Crippen molar-refractivity contribution in [1.29, 1.82) is 0 Å². The van der Waals surface area contributed by atoms with Crippen molar-refractivity contribution < 1.29 is 9.53 Å². The smallest absolute Gasteiger partial charge is 0.256 e. The molecule has 0 spiro atoms. The minimum absolute atomic E-state index is 0.253. The molecule has 0 aliphatic carbocycles. The summed E-state index contributed by atoms with van der Waals surface area (Å²) in [4.78, 5) is 11.3. The molecule has 19 heavy (non-hydrogen) atoms. The highest BCUT2D eigenvalue weighted by molar-refractivity contribution is 6.68. The number of rotatable bonds is 4. The fourth-order valence-corrected chi connectivity index (χ4v) is 1.97. The first kappa shape index (κ1) is 14.2. The molecule has 2 rings (SSSR count). The highest BCUT2D eigenvalue weighted by atomic mass is 35.5. The minimum atomic E-state index is -0.603. The molecule has 0 heterocycles. The summed E-state index contributed by atoms with van der Waals surface area (Å²) in [5.41, 5.74) is 1.19. The Morgan fingerprint density at radius 1 is 1.00 bits per heavy atom. The number of hydrogen-bond acceptors (Lipinski definition) is 2. The van der Waals surface area contributed by atoms with Gasteiger partial charge in [-0.2, -0.15) is 0 Å². The number of carbonyl (C=O) groups is 1. The lowest BCUT2D eigenvalue weighted by Gasteiger charge is -2.09. The van der Waals surface area contributed by atoms with E-state index in [4.69, 9.17) is 39.5 Å². The van der Waals surface area contributed by atoms with Gasteiger partial charge in [0, 0.05) is 10.0 Å². The highest BCUT2D eigenvalue weighted by Gasteiger charge is 2.11. The summed E-state index contributed by atoms with van der Waals surface area (Å²) < 4.78 is 5.57. The van der Waals surface area contributed by atoms with Crippen LogP contribution in [0.25, 0.3) is 0 Å². The second-order valence-corrected chi connectivity index (χ2v) is 5.05. The van der Waals surface area contributed by atoms with Gasteiger partial charge in [0.25, 0.3) is 5.24 Å². The largest absolute Gasteiger partial charge is 0.488 e. The molecule has 0 saturated carbocycles. The monoisotopic (exact) mass is 314 g/mol. The number of ether oxygens (including phenoxy) is 1. The molecule has 0 aliphatic rings. The van der Waals surface area contributed by atoms with Crippen LogP contribution in [0.1, 0.15) is 15.9 Å². The summed E-state index contributed by atoms with van der Waals surface area (Å²) in [6, 6.07) is 12.0. The van der Waals surface area contributed by atoms with Crippen molar-refractivity contribution >= 4 is 40.0 Å². The van der Waals surface area contributed by atoms with Gasteiger partial charge in [0.2, 0.25) is 0 Å². The molecule has 2 nitrogen and oxygen atoms in total. The topological polar surface area (TPSA) is 26.3 Å². The average Bonchev–Trinajstić information content (AvgIpc) is 2.39. The van der Waals surface area contributed by atoms with Crippen LogP contribution in [0.3, 0.4) is 0 Å². The van der Waals surface area contributed by atoms with Crippen LogP contribution in [0.4, 0.5) is 0 Å². The van der Waals surface area contributed by atoms with E-state index >= 15 is 0 Å². The Morgan fingerprint density at radius 3 is 2.26 bits per heavy atom. The molecule has 0 atom stereocenters. The van der Waals surface area contributed by atoms with Gasteiger partial charge in [-0.25, -0.2) is 0 Å². The van der Waals surface area contributed by atoms with Crippen LogP contribution in [0, 0.1) is 0 Å². The van der Waals surface area contributed by atoms with E-state index in [2.05, 4.69) is 0 Å². The zero-order valence-corrected chi connectivity index (χ0v) is 12.0. The van der Waals surface area contributed by atoms with Crippen molar-refractivity contribution in [3.05, 3.63) is 63.6 Å². The van der Waals surface area contributed by atoms with E-state index in [1.54, 1.807) is 24.3 Å². The second-order valence-electron chi connectivity index (χ2n) is 3.83. The van der Waals surface area contributed by atoms with Gasteiger partial charge in [0.15, 0.2) is 0 Å². The Hall–Kier alpha value is -1.22. The van der Waals surface area contributed by atoms with Crippen LogP contribution < -0.4 is 4.74 Å². The Labute approximate surface area is 125 Å². The molecule has 0 bridgehead atoms. The van der Waals surface area contributed by atoms with Crippen molar-refractivity contribution in [2.45, 2.75) is 6.61 Å². The van der Waals surface area contributed by atoms with Gasteiger partial charge in [-0.3, -0.25) is 4.79 Å². The molecule has 2 aromatic carbocycles. The molecule has 0 aromatic heterocycles. The number of carbonyl (C=O) groups excluding carboxylic acids is 1. The summed E-state index contributed by atoms with van der Waals surface area (Å²) in [6.07, 6.45) is 0. The Balaban J connectivity index is 2.15. The quantitative estimate of drug-likeness (QED) is 0.746. The fourth-order valence-electron chi connectivity index (χ4n) is 1.52. The second kappa shape index (κ2) is 6.29. The van der Waals surface area contributed by atoms with Crippen LogP contribution in [-0.2, 0) is 6.61 Å². The van der Waals surface area contributed by atoms with Crippen molar-refractivity contribution in [2.75, 3.05) is 0 Å². The third kappa shape index (κ3) is 3.87. The van der Waals surface area contributed by atoms with E-state index in [0.717, 1.165) is 5.56 Å². The van der Waals surface area contributed by atoms with Crippen molar-refractivity contribution in [1.82, 2.24) is 0 Å². The third-order valence-corrected chi connectivity index (χ3v) is 3.15. The normalized spacial score (nSPS) is 10.3. The maximum atomic E-state index is 11.3. The van der Waals surface area contributed by atoms with E-state index in [0.29, 0.717) is 22.4 Å². The first-order valence-electron chi connectivity index (χ1n) is 5.43. The Kier molecular flexibility index (Phi) is 4.70. The van der Waals surface area contributed by atoms with E-state index in [1.807, 2.05) is 12.1 Å². The zero-order chi connectivity index (χ0) is 13.8. The molecular weight excluding hydrogens is 307 g/mol. The molecule has 98 valence electrons. The lowest BCUT2D eigenvalue weighted by Crippen LogP contribution is -2.00. The fraction of sp³-hybridized carbons (Fsp3) is 0.0714. The van der Waals surface area contributed by atoms with Crippen molar-refractivity contribution in [3.63, 3.8) is 0 Å². The first-order chi connectivity index (χ1) is 9.06. The van der Waals surface area contributed by atoms with E-state index in [-0.39, 0.29) is 5.56 Å². The molecule has 0 fully saturated rings. The SMILES string of the molecule is O=C(Cl)c1cc(Cl)ccc1OCc1ccc(Cl)cc1. The first-order valence-corrected chi connectivity index (χ1v) is 6.56. The van der Waals surface area contributed by atoms with Gasteiger partial charge in [-0.05, 0) is 47.5 Å². The van der Waals surface area contributed by atoms with Crippen LogP contribution in [-0.4, -0.2) is 5.24 Å². The minimum Gasteiger partial charge on any atom is -0.488 e. The van der Waals surface area contributed by atoms with Crippen LogP contribution in [0.5, 0.6) is 5.75 Å². The number of hydrogen-bond donors (Lipinski definition) is 0.